The highest BCUT2D eigenvalue weighted by molar-refractivity contribution is 5.82. The Morgan fingerprint density at radius 3 is 2.76 bits per heavy atom. The van der Waals surface area contributed by atoms with E-state index >= 15 is 0 Å². The van der Waals surface area contributed by atoms with Crippen molar-refractivity contribution in [3.05, 3.63) is 93.5 Å². The van der Waals surface area contributed by atoms with E-state index in [-0.39, 0.29) is 17.7 Å². The van der Waals surface area contributed by atoms with Crippen molar-refractivity contribution in [2.45, 2.75) is 70.9 Å². The van der Waals surface area contributed by atoms with Gasteiger partial charge in [0.25, 0.3) is 0 Å². The highest BCUT2D eigenvalue weighted by atomic mass is 16.3. The average Bonchev–Trinajstić information content (AvgIpc) is 3.20. The molecule has 0 saturated carbocycles. The van der Waals surface area contributed by atoms with Crippen LogP contribution in [0.25, 0.3) is 0 Å². The summed E-state index contributed by atoms with van der Waals surface area (Å²) in [5.74, 6) is 1.27. The zero-order valence-corrected chi connectivity index (χ0v) is 22.2. The molecule has 1 amide bonds. The number of carbonyl (C=O) groups is 1. The van der Waals surface area contributed by atoms with Crippen molar-refractivity contribution in [1.82, 2.24) is 5.32 Å². The Morgan fingerprint density at radius 2 is 1.97 bits per heavy atom. The van der Waals surface area contributed by atoms with E-state index in [1.807, 2.05) is 6.92 Å². The smallest absolute Gasteiger partial charge is 0.237 e. The molecule has 0 spiro atoms. The van der Waals surface area contributed by atoms with E-state index in [1.54, 1.807) is 12.1 Å². The van der Waals surface area contributed by atoms with E-state index < -0.39 is 6.04 Å². The Hall–Kier alpha value is -3.31. The number of rotatable bonds is 7. The van der Waals surface area contributed by atoms with Crippen LogP contribution in [0, 0.1) is 12.8 Å². The molecule has 1 aliphatic carbocycles. The zero-order valence-electron chi connectivity index (χ0n) is 22.2. The average molecular weight is 498 g/mol. The Bertz CT molecular complexity index is 1300. The first kappa shape index (κ1) is 25.3. The van der Waals surface area contributed by atoms with Gasteiger partial charge in [0.05, 0.1) is 12.1 Å². The van der Waals surface area contributed by atoms with Crippen molar-refractivity contribution in [2.24, 2.45) is 11.7 Å². The van der Waals surface area contributed by atoms with Crippen molar-refractivity contribution in [2.75, 3.05) is 11.9 Å². The summed E-state index contributed by atoms with van der Waals surface area (Å²) < 4.78 is 0. The van der Waals surface area contributed by atoms with Crippen LogP contribution in [0.3, 0.4) is 0 Å². The zero-order chi connectivity index (χ0) is 26.1. The van der Waals surface area contributed by atoms with Gasteiger partial charge in [-0.25, -0.2) is 0 Å². The summed E-state index contributed by atoms with van der Waals surface area (Å²) in [4.78, 5) is 13.2. The number of aromatic hydroxyl groups is 1. The van der Waals surface area contributed by atoms with Crippen molar-refractivity contribution in [3.63, 3.8) is 0 Å². The molecule has 1 aliphatic heterocycles. The van der Waals surface area contributed by atoms with E-state index in [0.717, 1.165) is 60.2 Å². The van der Waals surface area contributed by atoms with Gasteiger partial charge in [-0.15, -0.1) is 0 Å². The second-order valence-corrected chi connectivity index (χ2v) is 10.9. The van der Waals surface area contributed by atoms with E-state index in [9.17, 15) is 9.90 Å². The molecule has 0 fully saturated rings. The molecule has 0 bridgehead atoms. The van der Waals surface area contributed by atoms with Crippen LogP contribution in [0.1, 0.15) is 71.2 Å². The Balaban J connectivity index is 1.29. The maximum absolute atomic E-state index is 13.2. The highest BCUT2D eigenvalue weighted by Crippen LogP contribution is 2.40. The quantitative estimate of drug-likeness (QED) is 0.356. The van der Waals surface area contributed by atoms with Crippen LogP contribution >= 0.6 is 0 Å². The predicted molar refractivity (Wildman–Crippen MR) is 150 cm³/mol. The molecule has 37 heavy (non-hydrogen) atoms. The number of hydrogen-bond donors (Lipinski definition) is 4. The first-order valence-corrected chi connectivity index (χ1v) is 13.7. The SMILES string of the molecule is CCc1cc(O)cc(C)c1C[C@H](N)C(=O)N[C@@H]1CCNc2ccc(CC3Cc4ccccc4[C@@H]3C)cc21. The lowest BCUT2D eigenvalue weighted by atomic mass is 9.87. The molecule has 5 heteroatoms. The molecule has 3 aromatic carbocycles. The van der Waals surface area contributed by atoms with Crippen LogP contribution in [-0.2, 0) is 30.5 Å². The fraction of sp³-hybridized carbons (Fsp3) is 0.406. The van der Waals surface area contributed by atoms with Gasteiger partial charge in [-0.1, -0.05) is 50.2 Å². The summed E-state index contributed by atoms with van der Waals surface area (Å²) in [6.45, 7) is 7.18. The summed E-state index contributed by atoms with van der Waals surface area (Å²) in [7, 11) is 0. The van der Waals surface area contributed by atoms with Gasteiger partial charge < -0.3 is 21.5 Å². The lowest BCUT2D eigenvalue weighted by Gasteiger charge is -2.29. The second-order valence-electron chi connectivity index (χ2n) is 10.9. The molecule has 5 nitrogen and oxygen atoms in total. The maximum Gasteiger partial charge on any atom is 0.237 e. The molecular weight excluding hydrogens is 458 g/mol. The molecule has 1 unspecified atom stereocenters. The molecule has 0 aromatic heterocycles. The van der Waals surface area contributed by atoms with Gasteiger partial charge in [0.2, 0.25) is 5.91 Å². The first-order chi connectivity index (χ1) is 17.8. The van der Waals surface area contributed by atoms with E-state index in [2.05, 4.69) is 66.9 Å². The summed E-state index contributed by atoms with van der Waals surface area (Å²) in [6.07, 6.45) is 4.23. The van der Waals surface area contributed by atoms with Crippen LogP contribution in [0.4, 0.5) is 5.69 Å². The largest absolute Gasteiger partial charge is 0.508 e. The molecule has 5 rings (SSSR count). The third-order valence-corrected chi connectivity index (χ3v) is 8.48. The minimum atomic E-state index is -0.645. The fourth-order valence-electron chi connectivity index (χ4n) is 6.34. The number of aryl methyl sites for hydroxylation is 2. The minimum absolute atomic E-state index is 0.0560. The Labute approximate surface area is 220 Å². The van der Waals surface area contributed by atoms with Crippen LogP contribution in [0.15, 0.2) is 54.6 Å². The van der Waals surface area contributed by atoms with E-state index in [4.69, 9.17) is 5.73 Å². The topological polar surface area (TPSA) is 87.4 Å². The number of phenols is 1. The number of phenolic OH excluding ortho intramolecular Hbond substituents is 1. The summed E-state index contributed by atoms with van der Waals surface area (Å²) in [6, 6.07) is 18.3. The van der Waals surface area contributed by atoms with Gasteiger partial charge in [0.1, 0.15) is 5.75 Å². The summed E-state index contributed by atoms with van der Waals surface area (Å²) in [5.41, 5.74) is 16.0. The summed E-state index contributed by atoms with van der Waals surface area (Å²) in [5, 5.41) is 16.7. The van der Waals surface area contributed by atoms with Gasteiger partial charge in [-0.05, 0) is 108 Å². The summed E-state index contributed by atoms with van der Waals surface area (Å²) >= 11 is 0. The normalized spacial score (nSPS) is 21.0. The molecule has 4 atom stereocenters. The highest BCUT2D eigenvalue weighted by Gasteiger charge is 2.30. The van der Waals surface area contributed by atoms with Gasteiger partial charge in [-0.3, -0.25) is 4.79 Å². The monoisotopic (exact) mass is 497 g/mol. The molecule has 5 N–H and O–H groups in total. The second kappa shape index (κ2) is 10.6. The standard InChI is InChI=1S/C32H39N3O2/c1-4-22-17-25(36)13-19(2)27(22)18-29(33)32(37)35-31-11-12-34-30-10-9-21(15-28(30)31)14-24-16-23-7-5-6-8-26(23)20(24)3/h5-10,13,15,17,20,24,29,31,34,36H,4,11-12,14,16,18,33H2,1-3H3,(H,35,37)/t20-,24?,29+,31-/m1/s1. The van der Waals surface area contributed by atoms with Gasteiger partial charge in [0, 0.05) is 12.2 Å². The van der Waals surface area contributed by atoms with Gasteiger partial charge in [0.15, 0.2) is 0 Å². The number of fused-ring (bicyclic) bond motifs is 2. The van der Waals surface area contributed by atoms with E-state index in [0.29, 0.717) is 18.3 Å². The number of benzene rings is 3. The molecular formula is C32H39N3O2. The van der Waals surface area contributed by atoms with Crippen molar-refractivity contribution in [3.8, 4) is 5.75 Å². The van der Waals surface area contributed by atoms with Crippen molar-refractivity contribution >= 4 is 11.6 Å². The van der Waals surface area contributed by atoms with Crippen molar-refractivity contribution in [1.29, 1.82) is 0 Å². The number of carbonyl (C=O) groups excluding carboxylic acids is 1. The molecule has 3 aromatic rings. The Morgan fingerprint density at radius 1 is 1.16 bits per heavy atom. The number of hydrogen-bond acceptors (Lipinski definition) is 4. The van der Waals surface area contributed by atoms with Crippen LogP contribution in [0.2, 0.25) is 0 Å². The molecule has 1 heterocycles. The lowest BCUT2D eigenvalue weighted by Crippen LogP contribution is -2.44. The fourth-order valence-corrected chi connectivity index (χ4v) is 6.34. The third-order valence-electron chi connectivity index (χ3n) is 8.48. The molecule has 0 saturated heterocycles. The Kier molecular flexibility index (Phi) is 7.25. The van der Waals surface area contributed by atoms with Crippen LogP contribution in [-0.4, -0.2) is 23.6 Å². The molecule has 194 valence electrons. The van der Waals surface area contributed by atoms with Gasteiger partial charge >= 0.3 is 0 Å². The third kappa shape index (κ3) is 5.24. The first-order valence-electron chi connectivity index (χ1n) is 13.7. The maximum atomic E-state index is 13.2. The molecule has 0 radical (unpaired) electrons. The van der Waals surface area contributed by atoms with Gasteiger partial charge in [-0.2, -0.15) is 0 Å². The minimum Gasteiger partial charge on any atom is -0.508 e. The molecule has 2 aliphatic rings. The predicted octanol–water partition coefficient (Wildman–Crippen LogP) is 5.32. The van der Waals surface area contributed by atoms with E-state index in [1.165, 1.54) is 16.7 Å². The lowest BCUT2D eigenvalue weighted by molar-refractivity contribution is -0.123. The number of nitrogens with two attached hydrogens (primary N) is 1. The number of amides is 1. The number of anilines is 1. The van der Waals surface area contributed by atoms with Crippen LogP contribution in [0.5, 0.6) is 5.75 Å². The van der Waals surface area contributed by atoms with Crippen LogP contribution < -0.4 is 16.4 Å². The van der Waals surface area contributed by atoms with Crippen molar-refractivity contribution < 1.29 is 9.90 Å². The number of nitrogens with one attached hydrogen (secondary N) is 2.